The lowest BCUT2D eigenvalue weighted by Gasteiger charge is -1.99. The number of hydrogen-bond donors (Lipinski definition) is 0. The molecule has 0 saturated heterocycles. The molecule has 0 saturated carbocycles. The zero-order valence-corrected chi connectivity index (χ0v) is 12.9. The van der Waals surface area contributed by atoms with Gasteiger partial charge in [-0.1, -0.05) is 0 Å². The number of nitro benzene ring substituents is 1. The smallest absolute Gasteiger partial charge is 0.258 e. The molecule has 112 valence electrons. The fourth-order valence-corrected chi connectivity index (χ4v) is 3.46. The van der Waals surface area contributed by atoms with Crippen molar-refractivity contribution in [3.05, 3.63) is 46.6 Å². The highest BCUT2D eigenvalue weighted by atomic mass is 32.2. The average molecular weight is 335 g/mol. The third-order valence-corrected chi connectivity index (χ3v) is 4.93. The third kappa shape index (κ3) is 2.68. The van der Waals surface area contributed by atoms with Crippen molar-refractivity contribution in [1.29, 1.82) is 0 Å². The molecule has 3 aromatic rings. The molecule has 0 aliphatic carbocycles. The van der Waals surface area contributed by atoms with Crippen molar-refractivity contribution in [2.24, 2.45) is 0 Å². The molecule has 2 aromatic heterocycles. The molecule has 0 amide bonds. The predicted octanol–water partition coefficient (Wildman–Crippen LogP) is 2.67. The molecular formula is C13H9N3O4S2. The molecule has 2 heterocycles. The van der Waals surface area contributed by atoms with Gasteiger partial charge in [0, 0.05) is 29.3 Å². The fourth-order valence-electron chi connectivity index (χ4n) is 1.93. The molecule has 0 bridgehead atoms. The van der Waals surface area contributed by atoms with E-state index in [0.29, 0.717) is 11.1 Å². The topological polar surface area (TPSA) is 103 Å². The normalized spacial score (nSPS) is 11.7. The summed E-state index contributed by atoms with van der Waals surface area (Å²) in [6.07, 6.45) is 2.42. The lowest BCUT2D eigenvalue weighted by molar-refractivity contribution is -0.384. The molecule has 0 unspecified atom stereocenters. The zero-order valence-electron chi connectivity index (χ0n) is 11.3. The summed E-state index contributed by atoms with van der Waals surface area (Å²) < 4.78 is 23.9. The number of sulfone groups is 1. The van der Waals surface area contributed by atoms with E-state index in [4.69, 9.17) is 0 Å². The summed E-state index contributed by atoms with van der Waals surface area (Å²) in [6.45, 7) is 0. The van der Waals surface area contributed by atoms with E-state index in [2.05, 4.69) is 9.97 Å². The van der Waals surface area contributed by atoms with Gasteiger partial charge in [0.05, 0.1) is 15.5 Å². The van der Waals surface area contributed by atoms with E-state index >= 15 is 0 Å². The molecule has 1 aromatic carbocycles. The predicted molar refractivity (Wildman–Crippen MR) is 82.6 cm³/mol. The number of hydrogen-bond acceptors (Lipinski definition) is 7. The van der Waals surface area contributed by atoms with Crippen LogP contribution in [-0.2, 0) is 9.84 Å². The Labute approximate surface area is 129 Å². The van der Waals surface area contributed by atoms with Gasteiger partial charge in [-0.3, -0.25) is 10.1 Å². The van der Waals surface area contributed by atoms with Crippen LogP contribution in [-0.4, -0.2) is 29.6 Å². The van der Waals surface area contributed by atoms with Gasteiger partial charge < -0.3 is 0 Å². The zero-order chi connectivity index (χ0) is 15.9. The van der Waals surface area contributed by atoms with Crippen LogP contribution in [0.15, 0.2) is 41.7 Å². The van der Waals surface area contributed by atoms with Crippen LogP contribution in [0.3, 0.4) is 0 Å². The maximum atomic E-state index is 11.5. The number of thiophene rings is 1. The Morgan fingerprint density at radius 1 is 1.23 bits per heavy atom. The van der Waals surface area contributed by atoms with Crippen molar-refractivity contribution in [3.8, 4) is 10.6 Å². The number of nitro groups is 1. The highest BCUT2D eigenvalue weighted by Crippen LogP contribution is 2.34. The number of benzene rings is 1. The molecular weight excluding hydrogens is 326 g/mol. The van der Waals surface area contributed by atoms with Crippen molar-refractivity contribution in [2.75, 3.05) is 6.26 Å². The molecule has 0 atom stereocenters. The lowest BCUT2D eigenvalue weighted by Crippen LogP contribution is -2.03. The molecule has 0 fully saturated rings. The molecule has 0 radical (unpaired) electrons. The first kappa shape index (κ1) is 14.5. The second-order valence-corrected chi connectivity index (χ2v) is 7.58. The number of non-ortho nitro benzene ring substituents is 1. The van der Waals surface area contributed by atoms with Gasteiger partial charge in [0.25, 0.3) is 5.69 Å². The number of nitrogens with zero attached hydrogens (tertiary/aromatic N) is 3. The first-order valence-electron chi connectivity index (χ1n) is 6.06. The Bertz CT molecular complexity index is 995. The van der Waals surface area contributed by atoms with Crippen molar-refractivity contribution < 1.29 is 13.3 Å². The van der Waals surface area contributed by atoms with E-state index in [0.717, 1.165) is 15.8 Å². The first-order valence-corrected chi connectivity index (χ1v) is 8.77. The minimum atomic E-state index is -3.49. The Kier molecular flexibility index (Phi) is 3.38. The van der Waals surface area contributed by atoms with Crippen LogP contribution >= 0.6 is 11.3 Å². The second kappa shape index (κ2) is 5.11. The van der Waals surface area contributed by atoms with Gasteiger partial charge in [-0.05, 0) is 23.6 Å². The number of rotatable bonds is 3. The van der Waals surface area contributed by atoms with E-state index in [1.807, 2.05) is 0 Å². The van der Waals surface area contributed by atoms with E-state index in [1.165, 1.54) is 29.7 Å². The van der Waals surface area contributed by atoms with Gasteiger partial charge in [0.2, 0.25) is 15.0 Å². The van der Waals surface area contributed by atoms with Crippen LogP contribution in [0, 0.1) is 10.1 Å². The molecule has 0 aliphatic rings. The Balaban J connectivity index is 2.13. The Morgan fingerprint density at radius 3 is 2.68 bits per heavy atom. The van der Waals surface area contributed by atoms with Crippen LogP contribution < -0.4 is 0 Å². The Morgan fingerprint density at radius 2 is 2.00 bits per heavy atom. The summed E-state index contributed by atoms with van der Waals surface area (Å²) in [5, 5.41) is 11.3. The monoisotopic (exact) mass is 335 g/mol. The lowest BCUT2D eigenvalue weighted by atomic mass is 10.2. The van der Waals surface area contributed by atoms with Crippen LogP contribution in [0.2, 0.25) is 0 Å². The minimum Gasteiger partial charge on any atom is -0.258 e. The van der Waals surface area contributed by atoms with Gasteiger partial charge in [-0.15, -0.1) is 11.3 Å². The van der Waals surface area contributed by atoms with Crippen LogP contribution in [0.1, 0.15) is 0 Å². The molecule has 22 heavy (non-hydrogen) atoms. The molecule has 0 N–H and O–H groups in total. The van der Waals surface area contributed by atoms with E-state index in [9.17, 15) is 18.5 Å². The molecule has 3 rings (SSSR count). The van der Waals surface area contributed by atoms with Gasteiger partial charge >= 0.3 is 0 Å². The van der Waals surface area contributed by atoms with Gasteiger partial charge in [0.15, 0.2) is 0 Å². The van der Waals surface area contributed by atoms with E-state index in [1.54, 1.807) is 18.2 Å². The minimum absolute atomic E-state index is 0.0105. The van der Waals surface area contributed by atoms with Crippen molar-refractivity contribution in [3.63, 3.8) is 0 Å². The molecule has 0 aliphatic heterocycles. The SMILES string of the molecule is CS(=O)(=O)c1nccc(-c2cc3cc([N+](=O)[O-])ccc3s2)n1. The van der Waals surface area contributed by atoms with Crippen LogP contribution in [0.5, 0.6) is 0 Å². The first-order chi connectivity index (χ1) is 10.3. The van der Waals surface area contributed by atoms with Gasteiger partial charge in [0.1, 0.15) is 0 Å². The van der Waals surface area contributed by atoms with Gasteiger partial charge in [-0.25, -0.2) is 18.4 Å². The van der Waals surface area contributed by atoms with Crippen LogP contribution in [0.25, 0.3) is 20.7 Å². The van der Waals surface area contributed by atoms with Crippen LogP contribution in [0.4, 0.5) is 5.69 Å². The van der Waals surface area contributed by atoms with E-state index < -0.39 is 14.8 Å². The maximum absolute atomic E-state index is 11.5. The van der Waals surface area contributed by atoms with E-state index in [-0.39, 0.29) is 10.8 Å². The molecule has 7 nitrogen and oxygen atoms in total. The van der Waals surface area contributed by atoms with Crippen molar-refractivity contribution in [1.82, 2.24) is 9.97 Å². The average Bonchev–Trinajstić information content (AvgIpc) is 2.89. The summed E-state index contributed by atoms with van der Waals surface area (Å²) in [6, 6.07) is 7.94. The summed E-state index contributed by atoms with van der Waals surface area (Å²) in [7, 11) is -3.49. The number of fused-ring (bicyclic) bond motifs is 1. The summed E-state index contributed by atoms with van der Waals surface area (Å²) >= 11 is 1.38. The summed E-state index contributed by atoms with van der Waals surface area (Å²) in [5.74, 6) is 0. The highest BCUT2D eigenvalue weighted by Gasteiger charge is 2.14. The summed E-state index contributed by atoms with van der Waals surface area (Å²) in [5.41, 5.74) is 0.482. The third-order valence-electron chi connectivity index (χ3n) is 2.93. The quantitative estimate of drug-likeness (QED) is 0.414. The number of aromatic nitrogens is 2. The second-order valence-electron chi connectivity index (χ2n) is 4.59. The van der Waals surface area contributed by atoms with Crippen molar-refractivity contribution in [2.45, 2.75) is 5.16 Å². The summed E-state index contributed by atoms with van der Waals surface area (Å²) in [4.78, 5) is 18.9. The largest absolute Gasteiger partial charge is 0.270 e. The molecule has 0 spiro atoms. The molecule has 9 heteroatoms. The Hall–Kier alpha value is -2.39. The standard InChI is InChI=1S/C13H9N3O4S2/c1-22(19,20)13-14-5-4-10(15-13)12-7-8-6-9(16(17)18)2-3-11(8)21-12/h2-7H,1H3. The maximum Gasteiger partial charge on any atom is 0.270 e. The highest BCUT2D eigenvalue weighted by molar-refractivity contribution is 7.90. The fraction of sp³-hybridized carbons (Fsp3) is 0.0769. The van der Waals surface area contributed by atoms with Crippen molar-refractivity contribution >= 4 is 36.9 Å². The van der Waals surface area contributed by atoms with Gasteiger partial charge in [-0.2, -0.15) is 0 Å².